The van der Waals surface area contributed by atoms with Crippen LogP contribution in [-0.4, -0.2) is 38.3 Å². The lowest BCUT2D eigenvalue weighted by Gasteiger charge is -2.21. The van der Waals surface area contributed by atoms with E-state index in [1.807, 2.05) is 18.2 Å². The summed E-state index contributed by atoms with van der Waals surface area (Å²) in [6, 6.07) is 19.4. The smallest absolute Gasteiger partial charge is 0.322 e. The Balaban J connectivity index is 1.39. The van der Waals surface area contributed by atoms with Crippen molar-refractivity contribution in [1.82, 2.24) is 4.90 Å². The van der Waals surface area contributed by atoms with Gasteiger partial charge in [-0.1, -0.05) is 35.9 Å². The van der Waals surface area contributed by atoms with Gasteiger partial charge in [0.1, 0.15) is 12.4 Å². The molecule has 0 atom stereocenters. The zero-order valence-electron chi connectivity index (χ0n) is 19.8. The third kappa shape index (κ3) is 5.80. The first-order valence-electron chi connectivity index (χ1n) is 11.2. The first-order valence-corrected chi connectivity index (χ1v) is 11.2. The predicted octanol–water partition coefficient (Wildman–Crippen LogP) is 5.16. The maximum Gasteiger partial charge on any atom is 0.322 e. The third-order valence-corrected chi connectivity index (χ3v) is 5.68. The van der Waals surface area contributed by atoms with Gasteiger partial charge in [-0.3, -0.25) is 0 Å². The fraction of sp³-hybridized carbons (Fsp3) is 0.296. The van der Waals surface area contributed by atoms with Gasteiger partial charge in [-0.25, -0.2) is 4.79 Å². The Bertz CT molecular complexity index is 1130. The summed E-state index contributed by atoms with van der Waals surface area (Å²) in [4.78, 5) is 14.7. The van der Waals surface area contributed by atoms with E-state index in [2.05, 4.69) is 36.5 Å². The standard InChI is InChI=1S/C27H30N2O5/c1-19-4-6-20(7-5-19)17-33-18-21-8-10-24-22(14-21)16-29(12-13-34-24)27(30)28-23-9-11-25(31-2)26(15-23)32-3/h4-11,14-15H,12-13,16-18H2,1-3H3,(H,28,30). The number of amides is 2. The van der Waals surface area contributed by atoms with Crippen LogP contribution in [0.25, 0.3) is 0 Å². The Labute approximate surface area is 200 Å². The molecular formula is C27H30N2O5. The molecule has 0 aliphatic carbocycles. The molecule has 0 spiro atoms. The number of benzene rings is 3. The molecule has 3 aromatic rings. The Morgan fingerprint density at radius 2 is 1.68 bits per heavy atom. The summed E-state index contributed by atoms with van der Waals surface area (Å²) >= 11 is 0. The van der Waals surface area contributed by atoms with Crippen LogP contribution in [0.4, 0.5) is 10.5 Å². The molecule has 0 unspecified atom stereocenters. The summed E-state index contributed by atoms with van der Waals surface area (Å²) in [6.07, 6.45) is 0. The van der Waals surface area contributed by atoms with Gasteiger partial charge in [-0.15, -0.1) is 0 Å². The quantitative estimate of drug-likeness (QED) is 0.526. The molecule has 1 aliphatic heterocycles. The SMILES string of the molecule is COc1ccc(NC(=O)N2CCOc3ccc(COCc4ccc(C)cc4)cc3C2)cc1OC. The van der Waals surface area contributed by atoms with E-state index in [1.165, 1.54) is 5.56 Å². The van der Waals surface area contributed by atoms with E-state index in [4.69, 9.17) is 18.9 Å². The highest BCUT2D eigenvalue weighted by Crippen LogP contribution is 2.30. The summed E-state index contributed by atoms with van der Waals surface area (Å²) in [7, 11) is 3.14. The highest BCUT2D eigenvalue weighted by molar-refractivity contribution is 5.89. The Hall–Kier alpha value is -3.71. The number of aryl methyl sites for hydroxylation is 1. The number of rotatable bonds is 7. The molecule has 7 nitrogen and oxygen atoms in total. The molecule has 4 rings (SSSR count). The van der Waals surface area contributed by atoms with Crippen molar-refractivity contribution in [1.29, 1.82) is 0 Å². The number of urea groups is 1. The van der Waals surface area contributed by atoms with Crippen molar-refractivity contribution >= 4 is 11.7 Å². The molecular weight excluding hydrogens is 432 g/mol. The second-order valence-electron chi connectivity index (χ2n) is 8.19. The van der Waals surface area contributed by atoms with E-state index < -0.39 is 0 Å². The van der Waals surface area contributed by atoms with Crippen LogP contribution in [0.2, 0.25) is 0 Å². The first kappa shape index (κ1) is 23.4. The molecule has 0 fully saturated rings. The maximum atomic E-state index is 13.0. The largest absolute Gasteiger partial charge is 0.493 e. The topological polar surface area (TPSA) is 69.3 Å². The Kier molecular flexibility index (Phi) is 7.54. The first-order chi connectivity index (χ1) is 16.6. The molecule has 2 amide bonds. The molecule has 1 N–H and O–H groups in total. The van der Waals surface area contributed by atoms with E-state index >= 15 is 0 Å². The van der Waals surface area contributed by atoms with Crippen LogP contribution in [-0.2, 0) is 24.5 Å². The van der Waals surface area contributed by atoms with Gasteiger partial charge in [0.15, 0.2) is 11.5 Å². The van der Waals surface area contributed by atoms with E-state index in [9.17, 15) is 4.79 Å². The number of hydrogen-bond acceptors (Lipinski definition) is 5. The van der Waals surface area contributed by atoms with Crippen molar-refractivity contribution in [3.8, 4) is 17.2 Å². The van der Waals surface area contributed by atoms with Crippen LogP contribution in [0, 0.1) is 6.92 Å². The van der Waals surface area contributed by atoms with Crippen molar-refractivity contribution in [2.75, 3.05) is 32.7 Å². The minimum Gasteiger partial charge on any atom is -0.493 e. The highest BCUT2D eigenvalue weighted by atomic mass is 16.5. The third-order valence-electron chi connectivity index (χ3n) is 5.68. The molecule has 1 heterocycles. The van der Waals surface area contributed by atoms with Gasteiger partial charge in [-0.2, -0.15) is 0 Å². The molecule has 0 saturated carbocycles. The van der Waals surface area contributed by atoms with Gasteiger partial charge in [0.2, 0.25) is 0 Å². The molecule has 1 aliphatic rings. The van der Waals surface area contributed by atoms with Gasteiger partial charge < -0.3 is 29.2 Å². The minimum absolute atomic E-state index is 0.204. The number of ether oxygens (including phenoxy) is 4. The predicted molar refractivity (Wildman–Crippen MR) is 131 cm³/mol. The zero-order chi connectivity index (χ0) is 23.9. The number of methoxy groups -OCH3 is 2. The fourth-order valence-electron chi connectivity index (χ4n) is 3.80. The fourth-order valence-corrected chi connectivity index (χ4v) is 3.80. The van der Waals surface area contributed by atoms with Crippen LogP contribution in [0.5, 0.6) is 17.2 Å². The summed E-state index contributed by atoms with van der Waals surface area (Å²) in [5.74, 6) is 1.96. The molecule has 34 heavy (non-hydrogen) atoms. The number of nitrogens with one attached hydrogen (secondary N) is 1. The second kappa shape index (κ2) is 10.9. The molecule has 178 valence electrons. The lowest BCUT2D eigenvalue weighted by molar-refractivity contribution is 0.107. The number of carbonyl (C=O) groups excluding carboxylic acids is 1. The number of anilines is 1. The Morgan fingerprint density at radius 1 is 0.941 bits per heavy atom. The van der Waals surface area contributed by atoms with E-state index in [0.29, 0.717) is 50.1 Å². The lowest BCUT2D eigenvalue weighted by atomic mass is 10.1. The molecule has 0 aromatic heterocycles. The second-order valence-corrected chi connectivity index (χ2v) is 8.19. The number of hydrogen-bond donors (Lipinski definition) is 1. The normalized spacial score (nSPS) is 12.9. The van der Waals surface area contributed by atoms with Crippen molar-refractivity contribution in [2.45, 2.75) is 26.7 Å². The Morgan fingerprint density at radius 3 is 2.44 bits per heavy atom. The summed E-state index contributed by atoms with van der Waals surface area (Å²) in [6.45, 7) is 4.45. The van der Waals surface area contributed by atoms with E-state index in [1.54, 1.807) is 37.3 Å². The van der Waals surface area contributed by atoms with Crippen LogP contribution in [0.3, 0.4) is 0 Å². The van der Waals surface area contributed by atoms with E-state index in [0.717, 1.165) is 22.4 Å². The monoisotopic (exact) mass is 462 g/mol. The minimum atomic E-state index is -0.204. The van der Waals surface area contributed by atoms with Crippen LogP contribution >= 0.6 is 0 Å². The summed E-state index contributed by atoms with van der Waals surface area (Å²) < 4.78 is 22.4. The van der Waals surface area contributed by atoms with Gasteiger partial charge in [0.05, 0.1) is 40.5 Å². The number of carbonyl (C=O) groups is 1. The molecule has 0 saturated heterocycles. The van der Waals surface area contributed by atoms with Gasteiger partial charge >= 0.3 is 6.03 Å². The van der Waals surface area contributed by atoms with Crippen LogP contribution < -0.4 is 19.5 Å². The lowest BCUT2D eigenvalue weighted by Crippen LogP contribution is -2.36. The van der Waals surface area contributed by atoms with Crippen LogP contribution in [0.1, 0.15) is 22.3 Å². The molecule has 0 bridgehead atoms. The number of fused-ring (bicyclic) bond motifs is 1. The van der Waals surface area contributed by atoms with Crippen molar-refractivity contribution in [3.05, 3.63) is 82.9 Å². The van der Waals surface area contributed by atoms with Gasteiger partial charge in [0.25, 0.3) is 0 Å². The van der Waals surface area contributed by atoms with Crippen molar-refractivity contribution < 1.29 is 23.7 Å². The molecule has 0 radical (unpaired) electrons. The summed E-state index contributed by atoms with van der Waals surface area (Å²) in [5.41, 5.74) is 5.00. The van der Waals surface area contributed by atoms with Crippen molar-refractivity contribution in [3.63, 3.8) is 0 Å². The van der Waals surface area contributed by atoms with Crippen LogP contribution in [0.15, 0.2) is 60.7 Å². The number of nitrogens with zero attached hydrogens (tertiary/aromatic N) is 1. The maximum absolute atomic E-state index is 13.0. The average Bonchev–Trinajstić information content (AvgIpc) is 3.07. The average molecular weight is 463 g/mol. The zero-order valence-corrected chi connectivity index (χ0v) is 19.8. The highest BCUT2D eigenvalue weighted by Gasteiger charge is 2.21. The van der Waals surface area contributed by atoms with E-state index in [-0.39, 0.29) is 6.03 Å². The molecule has 3 aromatic carbocycles. The molecule has 7 heteroatoms. The van der Waals surface area contributed by atoms with Gasteiger partial charge in [-0.05, 0) is 42.3 Å². The van der Waals surface area contributed by atoms with Crippen molar-refractivity contribution in [2.24, 2.45) is 0 Å². The van der Waals surface area contributed by atoms with Gasteiger partial charge in [0, 0.05) is 17.3 Å². The summed E-state index contributed by atoms with van der Waals surface area (Å²) in [5, 5.41) is 2.94.